The smallest absolute Gasteiger partial charge is 0.277 e. The zero-order chi connectivity index (χ0) is 11.5. The van der Waals surface area contributed by atoms with Crippen LogP contribution in [0.25, 0.3) is 0 Å². The van der Waals surface area contributed by atoms with Crippen molar-refractivity contribution in [2.75, 3.05) is 5.32 Å². The number of carbonyl (C=O) groups is 1. The highest BCUT2D eigenvalue weighted by Crippen LogP contribution is 2.25. The van der Waals surface area contributed by atoms with E-state index in [4.69, 9.17) is 11.6 Å². The van der Waals surface area contributed by atoms with E-state index in [9.17, 15) is 4.79 Å². The first-order valence-electron chi connectivity index (χ1n) is 4.29. The first-order valence-corrected chi connectivity index (χ1v) is 5.46. The maximum absolute atomic E-state index is 11.6. The highest BCUT2D eigenvalue weighted by Gasteiger charge is 2.09. The van der Waals surface area contributed by atoms with Crippen LogP contribution in [0.5, 0.6) is 0 Å². The van der Waals surface area contributed by atoms with Gasteiger partial charge >= 0.3 is 0 Å². The summed E-state index contributed by atoms with van der Waals surface area (Å²) in [6.07, 6.45) is 1.35. The van der Waals surface area contributed by atoms with Crippen molar-refractivity contribution in [3.8, 4) is 0 Å². The van der Waals surface area contributed by atoms with Crippen LogP contribution in [-0.4, -0.2) is 21.3 Å². The Kier molecular flexibility index (Phi) is 3.21. The topological polar surface area (TPSA) is 70.7 Å². The molecule has 0 aliphatic carbocycles. The first kappa shape index (κ1) is 11.1. The summed E-state index contributed by atoms with van der Waals surface area (Å²) in [6.45, 7) is 0. The Balaban J connectivity index is 2.15. The van der Waals surface area contributed by atoms with E-state index < -0.39 is 0 Å². The van der Waals surface area contributed by atoms with Gasteiger partial charge in [0.2, 0.25) is 0 Å². The van der Waals surface area contributed by atoms with Crippen molar-refractivity contribution in [3.05, 3.63) is 39.6 Å². The van der Waals surface area contributed by atoms with Gasteiger partial charge in [0, 0.05) is 10.2 Å². The number of H-pyrrole nitrogens is 1. The number of carbonyl (C=O) groups excluding carboxylic acids is 1. The number of rotatable bonds is 2. The molecule has 1 heterocycles. The summed E-state index contributed by atoms with van der Waals surface area (Å²) >= 11 is 9.10. The molecule has 1 aromatic heterocycles. The van der Waals surface area contributed by atoms with Gasteiger partial charge in [0.1, 0.15) is 0 Å². The van der Waals surface area contributed by atoms with Gasteiger partial charge in [0.05, 0.1) is 11.2 Å². The molecule has 0 spiro atoms. The number of aromatic amines is 1. The Morgan fingerprint density at radius 1 is 1.50 bits per heavy atom. The number of halogens is 2. The van der Waals surface area contributed by atoms with Gasteiger partial charge in [0.25, 0.3) is 5.91 Å². The molecular formula is C9H6BrClN4O. The normalized spacial score (nSPS) is 10.1. The van der Waals surface area contributed by atoms with Gasteiger partial charge in [-0.15, -0.1) is 0 Å². The molecule has 0 unspecified atom stereocenters. The van der Waals surface area contributed by atoms with Crippen LogP contribution >= 0.6 is 27.5 Å². The fourth-order valence-corrected chi connectivity index (χ4v) is 1.58. The molecule has 0 saturated carbocycles. The van der Waals surface area contributed by atoms with E-state index >= 15 is 0 Å². The second kappa shape index (κ2) is 4.63. The summed E-state index contributed by atoms with van der Waals surface area (Å²) in [5.41, 5.74) is 0.857. The van der Waals surface area contributed by atoms with Crippen LogP contribution in [0.3, 0.4) is 0 Å². The van der Waals surface area contributed by atoms with Gasteiger partial charge in [-0.2, -0.15) is 15.4 Å². The van der Waals surface area contributed by atoms with E-state index in [-0.39, 0.29) is 11.6 Å². The Hall–Kier alpha value is -1.40. The molecule has 0 atom stereocenters. The molecule has 0 radical (unpaired) electrons. The standard InChI is InChI=1S/C9H6BrClN4O/c10-6-3-5(1-2-7(6)11)13-9(16)8-4-12-15-14-8/h1-4H,(H,13,16)(H,12,14,15). The van der Waals surface area contributed by atoms with Crippen molar-refractivity contribution >= 4 is 39.1 Å². The van der Waals surface area contributed by atoms with Crippen LogP contribution in [0.4, 0.5) is 5.69 Å². The first-order chi connectivity index (χ1) is 7.66. The van der Waals surface area contributed by atoms with Crippen molar-refractivity contribution in [3.63, 3.8) is 0 Å². The molecule has 2 N–H and O–H groups in total. The van der Waals surface area contributed by atoms with Gasteiger partial charge in [-0.05, 0) is 34.1 Å². The number of aromatic nitrogens is 3. The minimum Gasteiger partial charge on any atom is -0.321 e. The van der Waals surface area contributed by atoms with Gasteiger partial charge in [-0.1, -0.05) is 11.6 Å². The summed E-state index contributed by atoms with van der Waals surface area (Å²) < 4.78 is 0.715. The van der Waals surface area contributed by atoms with Gasteiger partial charge < -0.3 is 5.32 Å². The second-order valence-electron chi connectivity index (χ2n) is 2.94. The van der Waals surface area contributed by atoms with Crippen LogP contribution in [0.2, 0.25) is 5.02 Å². The van der Waals surface area contributed by atoms with E-state index in [1.54, 1.807) is 18.2 Å². The lowest BCUT2D eigenvalue weighted by Gasteiger charge is -2.04. The second-order valence-corrected chi connectivity index (χ2v) is 4.20. The monoisotopic (exact) mass is 300 g/mol. The summed E-state index contributed by atoms with van der Waals surface area (Å²) in [6, 6.07) is 5.09. The van der Waals surface area contributed by atoms with Gasteiger partial charge in [0.15, 0.2) is 5.69 Å². The Morgan fingerprint density at radius 2 is 2.31 bits per heavy atom. The van der Waals surface area contributed by atoms with Crippen molar-refractivity contribution in [2.45, 2.75) is 0 Å². The summed E-state index contributed by atoms with van der Waals surface area (Å²) in [7, 11) is 0. The predicted molar refractivity (Wildman–Crippen MR) is 63.5 cm³/mol. The maximum Gasteiger partial charge on any atom is 0.277 e. The SMILES string of the molecule is O=C(Nc1ccc(Cl)c(Br)c1)c1cn[nH]n1. The lowest BCUT2D eigenvalue weighted by atomic mass is 10.3. The van der Waals surface area contributed by atoms with E-state index in [2.05, 4.69) is 36.7 Å². The van der Waals surface area contributed by atoms with Crippen LogP contribution < -0.4 is 5.32 Å². The average Bonchev–Trinajstić information content (AvgIpc) is 2.77. The zero-order valence-electron chi connectivity index (χ0n) is 7.87. The number of amides is 1. The third-order valence-corrected chi connectivity index (χ3v) is 3.04. The fraction of sp³-hybridized carbons (Fsp3) is 0. The Morgan fingerprint density at radius 3 is 2.94 bits per heavy atom. The van der Waals surface area contributed by atoms with E-state index in [0.717, 1.165) is 0 Å². The zero-order valence-corrected chi connectivity index (χ0v) is 10.2. The number of nitrogens with one attached hydrogen (secondary N) is 2. The van der Waals surface area contributed by atoms with Crippen molar-refractivity contribution in [2.24, 2.45) is 0 Å². The molecule has 1 aromatic carbocycles. The van der Waals surface area contributed by atoms with Crippen molar-refractivity contribution in [1.29, 1.82) is 0 Å². The van der Waals surface area contributed by atoms with Crippen LogP contribution in [0, 0.1) is 0 Å². The summed E-state index contributed by atoms with van der Waals surface area (Å²) in [5.74, 6) is -0.331. The van der Waals surface area contributed by atoms with Gasteiger partial charge in [-0.3, -0.25) is 4.79 Å². The molecule has 5 nitrogen and oxygen atoms in total. The molecule has 0 fully saturated rings. The lowest BCUT2D eigenvalue weighted by Crippen LogP contribution is -2.12. The average molecular weight is 302 g/mol. The quantitative estimate of drug-likeness (QED) is 0.895. The highest BCUT2D eigenvalue weighted by atomic mass is 79.9. The lowest BCUT2D eigenvalue weighted by molar-refractivity contribution is 0.102. The molecular weight excluding hydrogens is 295 g/mol. The molecule has 1 amide bonds. The fourth-order valence-electron chi connectivity index (χ4n) is 1.08. The molecule has 82 valence electrons. The van der Waals surface area contributed by atoms with Crippen molar-refractivity contribution < 1.29 is 4.79 Å². The van der Waals surface area contributed by atoms with Crippen molar-refractivity contribution in [1.82, 2.24) is 15.4 Å². The molecule has 0 bridgehead atoms. The van der Waals surface area contributed by atoms with E-state index in [1.165, 1.54) is 6.20 Å². The summed E-state index contributed by atoms with van der Waals surface area (Å²) in [4.78, 5) is 11.6. The van der Waals surface area contributed by atoms with E-state index in [1.807, 2.05) is 0 Å². The van der Waals surface area contributed by atoms with Gasteiger partial charge in [-0.25, -0.2) is 0 Å². The maximum atomic E-state index is 11.6. The molecule has 2 aromatic rings. The molecule has 16 heavy (non-hydrogen) atoms. The van der Waals surface area contributed by atoms with E-state index in [0.29, 0.717) is 15.2 Å². The molecule has 0 saturated heterocycles. The summed E-state index contributed by atoms with van der Waals surface area (Å²) in [5, 5.41) is 12.8. The van der Waals surface area contributed by atoms with Crippen LogP contribution in [0.1, 0.15) is 10.5 Å². The third kappa shape index (κ3) is 2.40. The number of hydrogen-bond acceptors (Lipinski definition) is 3. The third-order valence-electron chi connectivity index (χ3n) is 1.83. The minimum absolute atomic E-state index is 0.228. The molecule has 7 heteroatoms. The molecule has 2 rings (SSSR count). The number of nitrogens with zero attached hydrogens (tertiary/aromatic N) is 2. The number of hydrogen-bond donors (Lipinski definition) is 2. The van der Waals surface area contributed by atoms with Crippen LogP contribution in [0.15, 0.2) is 28.9 Å². The predicted octanol–water partition coefficient (Wildman–Crippen LogP) is 2.47. The Labute approximate surface area is 104 Å². The highest BCUT2D eigenvalue weighted by molar-refractivity contribution is 9.10. The largest absolute Gasteiger partial charge is 0.321 e. The molecule has 0 aliphatic rings. The van der Waals surface area contributed by atoms with Crippen LogP contribution in [-0.2, 0) is 0 Å². The number of anilines is 1. The minimum atomic E-state index is -0.331. The number of benzene rings is 1. The Bertz CT molecular complexity index is 514. The molecule has 0 aliphatic heterocycles.